The van der Waals surface area contributed by atoms with Crippen molar-refractivity contribution in [2.75, 3.05) is 26.2 Å². The van der Waals surface area contributed by atoms with Crippen LogP contribution in [-0.4, -0.2) is 59.5 Å². The molecule has 1 N–H and O–H groups in total. The largest absolute Gasteiger partial charge is 0.303 e. The van der Waals surface area contributed by atoms with Gasteiger partial charge in [-0.15, -0.1) is 10.2 Å². The number of piperidine rings is 1. The summed E-state index contributed by atoms with van der Waals surface area (Å²) in [5.74, 6) is 0.483. The fourth-order valence-corrected chi connectivity index (χ4v) is 5.67. The van der Waals surface area contributed by atoms with Gasteiger partial charge in [-0.05, 0) is 64.9 Å². The topological polar surface area (TPSA) is 93.0 Å². The predicted molar refractivity (Wildman–Crippen MR) is 124 cm³/mol. The van der Waals surface area contributed by atoms with E-state index in [2.05, 4.69) is 24.9 Å². The first-order valence-corrected chi connectivity index (χ1v) is 12.6. The molecular weight excluding hydrogens is 424 g/mol. The third-order valence-electron chi connectivity index (χ3n) is 5.82. The molecule has 8 nitrogen and oxygen atoms in total. The lowest BCUT2D eigenvalue weighted by Gasteiger charge is -2.26. The molecular formula is C23H30N6O2S. The Morgan fingerprint density at radius 1 is 0.969 bits per heavy atom. The van der Waals surface area contributed by atoms with Crippen molar-refractivity contribution in [3.8, 4) is 17.1 Å². The second-order valence-electron chi connectivity index (χ2n) is 8.21. The van der Waals surface area contributed by atoms with Crippen molar-refractivity contribution in [3.05, 3.63) is 53.9 Å². The fraction of sp³-hybridized carbons (Fsp3) is 0.435. The number of nitrogens with zero attached hydrogens (tertiary/aromatic N) is 5. The molecule has 4 rings (SSSR count). The average molecular weight is 455 g/mol. The van der Waals surface area contributed by atoms with E-state index in [0.29, 0.717) is 23.8 Å². The summed E-state index contributed by atoms with van der Waals surface area (Å²) in [7, 11) is -3.66. The number of likely N-dealkylation sites (tertiary alicyclic amines) is 1. The maximum Gasteiger partial charge on any atom is 0.244 e. The first kappa shape index (κ1) is 22.6. The number of aromatic nitrogens is 4. The second-order valence-corrected chi connectivity index (χ2v) is 9.91. The van der Waals surface area contributed by atoms with Crippen LogP contribution in [0.1, 0.15) is 37.1 Å². The van der Waals surface area contributed by atoms with Crippen molar-refractivity contribution in [1.82, 2.24) is 29.6 Å². The van der Waals surface area contributed by atoms with Crippen LogP contribution in [0, 0.1) is 13.8 Å². The van der Waals surface area contributed by atoms with E-state index in [0.717, 1.165) is 37.3 Å². The van der Waals surface area contributed by atoms with Crippen LogP contribution < -0.4 is 4.72 Å². The normalized spacial score (nSPS) is 15.2. The van der Waals surface area contributed by atoms with Gasteiger partial charge >= 0.3 is 0 Å². The van der Waals surface area contributed by atoms with E-state index in [4.69, 9.17) is 0 Å². The Bertz CT molecular complexity index is 1140. The quantitative estimate of drug-likeness (QED) is 0.526. The van der Waals surface area contributed by atoms with Gasteiger partial charge < -0.3 is 4.90 Å². The molecule has 0 spiro atoms. The summed E-state index contributed by atoms with van der Waals surface area (Å²) in [4.78, 5) is 2.62. The van der Waals surface area contributed by atoms with Gasteiger partial charge in [-0.3, -0.25) is 0 Å². The maximum absolute atomic E-state index is 13.0. The number of nitrogens with one attached hydrogen (secondary N) is 1. The van der Waals surface area contributed by atoms with Crippen LogP contribution in [0.4, 0.5) is 0 Å². The van der Waals surface area contributed by atoms with E-state index in [1.807, 2.05) is 36.4 Å². The van der Waals surface area contributed by atoms with Gasteiger partial charge in [-0.1, -0.05) is 36.8 Å². The van der Waals surface area contributed by atoms with Crippen LogP contribution in [0.5, 0.6) is 0 Å². The third kappa shape index (κ3) is 5.06. The van der Waals surface area contributed by atoms with Crippen LogP contribution in [0.15, 0.2) is 47.4 Å². The Kier molecular flexibility index (Phi) is 6.98. The SMILES string of the molecule is Cc1nn(-c2ccc(-c3ccccc3)nn2)c(C)c1S(=O)(=O)NCCCN1CCCCC1. The van der Waals surface area contributed by atoms with E-state index in [-0.39, 0.29) is 4.90 Å². The number of aryl methyl sites for hydroxylation is 1. The molecule has 0 unspecified atom stereocenters. The first-order chi connectivity index (χ1) is 15.5. The summed E-state index contributed by atoms with van der Waals surface area (Å²) in [6, 6.07) is 13.4. The van der Waals surface area contributed by atoms with Crippen molar-refractivity contribution >= 4 is 10.0 Å². The molecule has 1 aliphatic rings. The Morgan fingerprint density at radius 2 is 1.72 bits per heavy atom. The Morgan fingerprint density at radius 3 is 2.41 bits per heavy atom. The minimum absolute atomic E-state index is 0.212. The number of hydrogen-bond acceptors (Lipinski definition) is 6. The van der Waals surface area contributed by atoms with Crippen molar-refractivity contribution in [2.24, 2.45) is 0 Å². The predicted octanol–water partition coefficient (Wildman–Crippen LogP) is 3.10. The molecule has 0 saturated carbocycles. The van der Waals surface area contributed by atoms with Crippen LogP contribution in [-0.2, 0) is 10.0 Å². The van der Waals surface area contributed by atoms with Gasteiger partial charge in [-0.25, -0.2) is 17.8 Å². The summed E-state index contributed by atoms with van der Waals surface area (Å²) >= 11 is 0. The number of rotatable bonds is 8. The molecule has 1 fully saturated rings. The van der Waals surface area contributed by atoms with Gasteiger partial charge in [0.2, 0.25) is 10.0 Å². The molecule has 9 heteroatoms. The van der Waals surface area contributed by atoms with Crippen LogP contribution >= 0.6 is 0 Å². The fourth-order valence-electron chi connectivity index (χ4n) is 4.21. The van der Waals surface area contributed by atoms with E-state index in [9.17, 15) is 8.42 Å². The molecule has 0 amide bonds. The lowest BCUT2D eigenvalue weighted by Crippen LogP contribution is -2.33. The highest BCUT2D eigenvalue weighted by molar-refractivity contribution is 7.89. The minimum atomic E-state index is -3.66. The molecule has 0 bridgehead atoms. The highest BCUT2D eigenvalue weighted by atomic mass is 32.2. The second kappa shape index (κ2) is 9.89. The molecule has 3 aromatic rings. The Labute approximate surface area is 189 Å². The highest BCUT2D eigenvalue weighted by Gasteiger charge is 2.25. The standard InChI is InChI=1S/C23H30N6O2S/c1-18-23(32(30,31)24-14-9-17-28-15-7-4-8-16-28)19(2)29(27-18)22-13-12-21(25-26-22)20-10-5-3-6-11-20/h3,5-6,10-13,24H,4,7-9,14-17H2,1-2H3. The highest BCUT2D eigenvalue weighted by Crippen LogP contribution is 2.22. The molecule has 1 aromatic carbocycles. The average Bonchev–Trinajstić information content (AvgIpc) is 3.13. The summed E-state index contributed by atoms with van der Waals surface area (Å²) in [6.45, 7) is 7.01. The number of hydrogen-bond donors (Lipinski definition) is 1. The summed E-state index contributed by atoms with van der Waals surface area (Å²) in [6.07, 6.45) is 4.56. The summed E-state index contributed by atoms with van der Waals surface area (Å²) in [5.41, 5.74) is 2.68. The molecule has 0 aliphatic carbocycles. The molecule has 170 valence electrons. The zero-order chi connectivity index (χ0) is 22.6. The lowest BCUT2D eigenvalue weighted by molar-refractivity contribution is 0.227. The van der Waals surface area contributed by atoms with Crippen molar-refractivity contribution in [2.45, 2.75) is 44.4 Å². The van der Waals surface area contributed by atoms with Crippen LogP contribution in [0.25, 0.3) is 17.1 Å². The van der Waals surface area contributed by atoms with Gasteiger partial charge in [0.1, 0.15) is 4.90 Å². The Balaban J connectivity index is 1.46. The van der Waals surface area contributed by atoms with E-state index in [1.165, 1.54) is 19.3 Å². The van der Waals surface area contributed by atoms with Gasteiger partial charge in [0, 0.05) is 12.1 Å². The van der Waals surface area contributed by atoms with Crippen LogP contribution in [0.2, 0.25) is 0 Å². The van der Waals surface area contributed by atoms with Crippen molar-refractivity contribution in [1.29, 1.82) is 0 Å². The number of sulfonamides is 1. The third-order valence-corrected chi connectivity index (χ3v) is 7.54. The molecule has 0 atom stereocenters. The van der Waals surface area contributed by atoms with Crippen molar-refractivity contribution in [3.63, 3.8) is 0 Å². The van der Waals surface area contributed by atoms with E-state index in [1.54, 1.807) is 24.6 Å². The molecule has 32 heavy (non-hydrogen) atoms. The van der Waals surface area contributed by atoms with Gasteiger partial charge in [0.15, 0.2) is 5.82 Å². The summed E-state index contributed by atoms with van der Waals surface area (Å²) in [5, 5.41) is 13.0. The molecule has 1 aliphatic heterocycles. The molecule has 0 radical (unpaired) electrons. The Hall–Kier alpha value is -2.62. The maximum atomic E-state index is 13.0. The smallest absolute Gasteiger partial charge is 0.244 e. The van der Waals surface area contributed by atoms with E-state index < -0.39 is 10.0 Å². The molecule has 3 heterocycles. The molecule has 1 saturated heterocycles. The van der Waals surface area contributed by atoms with Gasteiger partial charge in [0.25, 0.3) is 0 Å². The van der Waals surface area contributed by atoms with E-state index >= 15 is 0 Å². The summed E-state index contributed by atoms with van der Waals surface area (Å²) < 4.78 is 30.3. The van der Waals surface area contributed by atoms with Gasteiger partial charge in [-0.2, -0.15) is 5.10 Å². The van der Waals surface area contributed by atoms with Gasteiger partial charge in [0.05, 0.1) is 17.1 Å². The molecule has 2 aromatic heterocycles. The monoisotopic (exact) mass is 454 g/mol. The minimum Gasteiger partial charge on any atom is -0.303 e. The van der Waals surface area contributed by atoms with Crippen molar-refractivity contribution < 1.29 is 8.42 Å². The lowest BCUT2D eigenvalue weighted by atomic mass is 10.1. The van der Waals surface area contributed by atoms with Crippen LogP contribution in [0.3, 0.4) is 0 Å². The number of benzene rings is 1. The zero-order valence-electron chi connectivity index (χ0n) is 18.7. The zero-order valence-corrected chi connectivity index (χ0v) is 19.5. The first-order valence-electron chi connectivity index (χ1n) is 11.1.